The van der Waals surface area contributed by atoms with Gasteiger partial charge < -0.3 is 9.84 Å². The third-order valence-corrected chi connectivity index (χ3v) is 2.39. The van der Waals surface area contributed by atoms with E-state index in [1.165, 1.54) is 0 Å². The molecule has 0 heterocycles. The van der Waals surface area contributed by atoms with Crippen molar-refractivity contribution in [2.45, 2.75) is 32.5 Å². The van der Waals surface area contributed by atoms with Gasteiger partial charge in [0.2, 0.25) is 0 Å². The lowest BCUT2D eigenvalue weighted by molar-refractivity contribution is -0.134. The lowest BCUT2D eigenvalue weighted by atomic mass is 10.1. The Morgan fingerprint density at radius 3 is 2.71 bits per heavy atom. The number of hydrazine groups is 1. The van der Waals surface area contributed by atoms with E-state index in [9.17, 15) is 9.90 Å². The highest BCUT2D eigenvalue weighted by molar-refractivity contribution is 5.84. The van der Waals surface area contributed by atoms with Gasteiger partial charge in [0, 0.05) is 0 Å². The highest BCUT2D eigenvalue weighted by Crippen LogP contribution is 2.22. The highest BCUT2D eigenvalue weighted by Gasteiger charge is 2.29. The monoisotopic (exact) mass is 238 g/mol. The molecule has 0 bridgehead atoms. The van der Waals surface area contributed by atoms with Crippen LogP contribution in [0.1, 0.15) is 32.4 Å². The van der Waals surface area contributed by atoms with E-state index in [0.717, 1.165) is 5.56 Å². The minimum Gasteiger partial charge on any atom is -0.478 e. The minimum absolute atomic E-state index is 0.417. The van der Waals surface area contributed by atoms with Crippen molar-refractivity contribution < 1.29 is 14.6 Å². The summed E-state index contributed by atoms with van der Waals surface area (Å²) in [7, 11) is 0. The maximum absolute atomic E-state index is 11.4. The Balaban J connectivity index is 2.88. The smallest absolute Gasteiger partial charge is 0.277 e. The molecule has 94 valence electrons. The molecule has 1 aromatic rings. The zero-order valence-corrected chi connectivity index (χ0v) is 10.2. The Morgan fingerprint density at radius 2 is 2.18 bits per heavy atom. The second-order valence-corrected chi connectivity index (χ2v) is 4.33. The number of aliphatic hydroxyl groups excluding tert-OH is 1. The molecule has 4 N–H and O–H groups in total. The van der Waals surface area contributed by atoms with Crippen LogP contribution in [0.4, 0.5) is 0 Å². The Hall–Kier alpha value is -1.59. The first-order chi connectivity index (χ1) is 7.86. The number of ether oxygens (including phenoxy) is 1. The van der Waals surface area contributed by atoms with Crippen molar-refractivity contribution in [1.29, 1.82) is 0 Å². The van der Waals surface area contributed by atoms with Crippen molar-refractivity contribution in [2.75, 3.05) is 0 Å². The molecule has 1 unspecified atom stereocenters. The van der Waals surface area contributed by atoms with Crippen molar-refractivity contribution in [2.24, 2.45) is 5.84 Å². The van der Waals surface area contributed by atoms with Gasteiger partial charge in [-0.05, 0) is 38.5 Å². The van der Waals surface area contributed by atoms with E-state index in [1.54, 1.807) is 45.0 Å². The minimum atomic E-state index is -1.06. The van der Waals surface area contributed by atoms with Crippen LogP contribution in [0.25, 0.3) is 0 Å². The van der Waals surface area contributed by atoms with Gasteiger partial charge in [-0.1, -0.05) is 12.1 Å². The molecular weight excluding hydrogens is 220 g/mol. The molecule has 0 aliphatic heterocycles. The number of carbonyl (C=O) groups excluding carboxylic acids is 1. The third-order valence-electron chi connectivity index (χ3n) is 2.39. The van der Waals surface area contributed by atoms with E-state index in [0.29, 0.717) is 5.75 Å². The van der Waals surface area contributed by atoms with Crippen molar-refractivity contribution in [1.82, 2.24) is 5.43 Å². The van der Waals surface area contributed by atoms with Crippen LogP contribution in [0.15, 0.2) is 24.3 Å². The van der Waals surface area contributed by atoms with Gasteiger partial charge in [-0.15, -0.1) is 0 Å². The molecule has 0 radical (unpaired) electrons. The van der Waals surface area contributed by atoms with Crippen LogP contribution in [-0.4, -0.2) is 16.6 Å². The van der Waals surface area contributed by atoms with Crippen molar-refractivity contribution in [3.05, 3.63) is 29.8 Å². The number of hydrogen-bond acceptors (Lipinski definition) is 4. The number of amides is 1. The first kappa shape index (κ1) is 13.5. The Morgan fingerprint density at radius 1 is 1.53 bits per heavy atom. The SMILES string of the molecule is CC(O)c1cccc(OC(C)(C)C(=O)NN)c1. The van der Waals surface area contributed by atoms with E-state index < -0.39 is 17.6 Å². The molecular formula is C12H18N2O3. The Bertz CT molecular complexity index is 402. The lowest BCUT2D eigenvalue weighted by Gasteiger charge is -2.24. The largest absolute Gasteiger partial charge is 0.478 e. The summed E-state index contributed by atoms with van der Waals surface area (Å²) in [5.41, 5.74) is 1.71. The second-order valence-electron chi connectivity index (χ2n) is 4.33. The van der Waals surface area contributed by atoms with Gasteiger partial charge in [0.1, 0.15) is 5.75 Å². The molecule has 5 nitrogen and oxygen atoms in total. The molecule has 0 spiro atoms. The number of nitrogens with two attached hydrogens (primary N) is 1. The lowest BCUT2D eigenvalue weighted by Crippen LogP contribution is -2.49. The summed E-state index contributed by atoms with van der Waals surface area (Å²) in [5.74, 6) is 5.16. The topological polar surface area (TPSA) is 84.6 Å². The molecule has 1 aromatic carbocycles. The van der Waals surface area contributed by atoms with Crippen LogP contribution < -0.4 is 16.0 Å². The summed E-state index contributed by atoms with van der Waals surface area (Å²) >= 11 is 0. The van der Waals surface area contributed by atoms with Gasteiger partial charge in [-0.25, -0.2) is 5.84 Å². The fraction of sp³-hybridized carbons (Fsp3) is 0.417. The summed E-state index contributed by atoms with van der Waals surface area (Å²) in [6, 6.07) is 6.95. The molecule has 0 saturated carbocycles. The number of carbonyl (C=O) groups is 1. The fourth-order valence-corrected chi connectivity index (χ4v) is 1.35. The molecule has 0 aliphatic carbocycles. The molecule has 0 aliphatic rings. The first-order valence-corrected chi connectivity index (χ1v) is 5.35. The van der Waals surface area contributed by atoms with Gasteiger partial charge in [-0.3, -0.25) is 10.2 Å². The summed E-state index contributed by atoms with van der Waals surface area (Å²) in [6.45, 7) is 4.89. The van der Waals surface area contributed by atoms with Gasteiger partial charge >= 0.3 is 0 Å². The van der Waals surface area contributed by atoms with E-state index >= 15 is 0 Å². The number of nitrogens with one attached hydrogen (secondary N) is 1. The standard InChI is InChI=1S/C12H18N2O3/c1-8(15)9-5-4-6-10(7-9)17-12(2,3)11(16)14-13/h4-8,15H,13H2,1-3H3,(H,14,16). The van der Waals surface area contributed by atoms with Gasteiger partial charge in [-0.2, -0.15) is 0 Å². The molecule has 0 saturated heterocycles. The fourth-order valence-electron chi connectivity index (χ4n) is 1.35. The predicted molar refractivity (Wildman–Crippen MR) is 64.1 cm³/mol. The number of aliphatic hydroxyl groups is 1. The average Bonchev–Trinajstić information content (AvgIpc) is 2.27. The van der Waals surface area contributed by atoms with Crippen LogP contribution in [0.3, 0.4) is 0 Å². The number of rotatable bonds is 4. The van der Waals surface area contributed by atoms with Crippen molar-refractivity contribution in [3.8, 4) is 5.75 Å². The third kappa shape index (κ3) is 3.44. The van der Waals surface area contributed by atoms with E-state index in [-0.39, 0.29) is 0 Å². The number of hydrogen-bond donors (Lipinski definition) is 3. The Kier molecular flexibility index (Phi) is 4.09. The van der Waals surface area contributed by atoms with Crippen molar-refractivity contribution >= 4 is 5.91 Å². The number of benzene rings is 1. The predicted octanol–water partition coefficient (Wildman–Crippen LogP) is 0.887. The summed E-state index contributed by atoms with van der Waals surface area (Å²) in [4.78, 5) is 11.4. The van der Waals surface area contributed by atoms with E-state index in [1.807, 2.05) is 5.43 Å². The van der Waals surface area contributed by atoms with Crippen LogP contribution >= 0.6 is 0 Å². The van der Waals surface area contributed by atoms with E-state index in [2.05, 4.69) is 0 Å². The van der Waals surface area contributed by atoms with Crippen LogP contribution in [0.5, 0.6) is 5.75 Å². The Labute approximate surface area is 101 Å². The second kappa shape index (κ2) is 5.16. The van der Waals surface area contributed by atoms with Crippen LogP contribution in [0.2, 0.25) is 0 Å². The molecule has 0 aromatic heterocycles. The maximum atomic E-state index is 11.4. The quantitative estimate of drug-likeness (QED) is 0.413. The normalized spacial score (nSPS) is 13.0. The molecule has 5 heteroatoms. The van der Waals surface area contributed by atoms with Crippen LogP contribution in [-0.2, 0) is 4.79 Å². The summed E-state index contributed by atoms with van der Waals surface area (Å²) in [5, 5.41) is 9.45. The molecule has 1 amide bonds. The highest BCUT2D eigenvalue weighted by atomic mass is 16.5. The average molecular weight is 238 g/mol. The van der Waals surface area contributed by atoms with Gasteiger partial charge in [0.15, 0.2) is 5.60 Å². The zero-order valence-electron chi connectivity index (χ0n) is 10.2. The summed E-state index contributed by atoms with van der Waals surface area (Å²) < 4.78 is 5.54. The molecule has 1 atom stereocenters. The first-order valence-electron chi connectivity index (χ1n) is 5.35. The molecule has 0 fully saturated rings. The van der Waals surface area contributed by atoms with Gasteiger partial charge in [0.25, 0.3) is 5.91 Å². The van der Waals surface area contributed by atoms with Crippen LogP contribution in [0, 0.1) is 0 Å². The zero-order chi connectivity index (χ0) is 13.1. The van der Waals surface area contributed by atoms with Crippen molar-refractivity contribution in [3.63, 3.8) is 0 Å². The van der Waals surface area contributed by atoms with Gasteiger partial charge in [0.05, 0.1) is 6.10 Å². The maximum Gasteiger partial charge on any atom is 0.277 e. The molecule has 17 heavy (non-hydrogen) atoms. The molecule has 1 rings (SSSR count). The summed E-state index contributed by atoms with van der Waals surface area (Å²) in [6.07, 6.45) is -0.579. The van der Waals surface area contributed by atoms with E-state index in [4.69, 9.17) is 10.6 Å².